The van der Waals surface area contributed by atoms with Gasteiger partial charge in [-0.3, -0.25) is 14.6 Å². The lowest BCUT2D eigenvalue weighted by atomic mass is 10.1. The molecular formula is C14H19N3O3. The summed E-state index contributed by atoms with van der Waals surface area (Å²) < 4.78 is 5.36. The van der Waals surface area contributed by atoms with Crippen molar-refractivity contribution in [1.82, 2.24) is 15.2 Å². The van der Waals surface area contributed by atoms with Gasteiger partial charge in [0.2, 0.25) is 5.91 Å². The maximum Gasteiger partial charge on any atom is 0.250 e. The quantitative estimate of drug-likeness (QED) is 0.840. The van der Waals surface area contributed by atoms with Gasteiger partial charge < -0.3 is 15.0 Å². The largest absolute Gasteiger partial charge is 0.365 e. The number of hydrogen-bond acceptors (Lipinski definition) is 4. The predicted octanol–water partition coefficient (Wildman–Crippen LogP) is -0.0124. The number of ether oxygens (including phenoxy) is 1. The van der Waals surface area contributed by atoms with Crippen LogP contribution >= 0.6 is 0 Å². The topological polar surface area (TPSA) is 71.5 Å². The Morgan fingerprint density at radius 2 is 2.40 bits per heavy atom. The van der Waals surface area contributed by atoms with Gasteiger partial charge in [0.15, 0.2) is 6.10 Å². The van der Waals surface area contributed by atoms with Crippen molar-refractivity contribution in [2.24, 2.45) is 0 Å². The molecule has 20 heavy (non-hydrogen) atoms. The van der Waals surface area contributed by atoms with E-state index in [1.165, 1.54) is 0 Å². The number of aromatic nitrogens is 1. The Hall–Kier alpha value is -1.95. The number of carbonyl (C=O) groups is 2. The van der Waals surface area contributed by atoms with Gasteiger partial charge in [0, 0.05) is 32.4 Å². The van der Waals surface area contributed by atoms with E-state index in [2.05, 4.69) is 10.3 Å². The van der Waals surface area contributed by atoms with E-state index < -0.39 is 6.10 Å². The maximum atomic E-state index is 12.1. The molecule has 1 saturated heterocycles. The summed E-state index contributed by atoms with van der Waals surface area (Å²) in [5.41, 5.74) is 1.04. The zero-order chi connectivity index (χ0) is 14.4. The molecule has 1 aromatic heterocycles. The number of pyridine rings is 1. The molecule has 2 amide bonds. The summed E-state index contributed by atoms with van der Waals surface area (Å²) in [4.78, 5) is 29.4. The number of nitrogens with zero attached hydrogens (tertiary/aromatic N) is 2. The van der Waals surface area contributed by atoms with Crippen LogP contribution in [-0.4, -0.2) is 54.5 Å². The van der Waals surface area contributed by atoms with E-state index in [0.717, 1.165) is 5.56 Å². The van der Waals surface area contributed by atoms with Gasteiger partial charge in [-0.25, -0.2) is 0 Å². The summed E-state index contributed by atoms with van der Waals surface area (Å²) in [5, 5.41) is 2.54. The van der Waals surface area contributed by atoms with E-state index in [1.807, 2.05) is 12.1 Å². The summed E-state index contributed by atoms with van der Waals surface area (Å²) in [7, 11) is 1.56. The van der Waals surface area contributed by atoms with Crippen molar-refractivity contribution in [2.45, 2.75) is 18.9 Å². The highest BCUT2D eigenvalue weighted by atomic mass is 16.5. The van der Waals surface area contributed by atoms with Crippen LogP contribution in [0, 0.1) is 0 Å². The molecule has 1 N–H and O–H groups in total. The summed E-state index contributed by atoms with van der Waals surface area (Å²) in [6, 6.07) is 3.81. The first-order valence-corrected chi connectivity index (χ1v) is 6.70. The minimum Gasteiger partial charge on any atom is -0.365 e. The fourth-order valence-corrected chi connectivity index (χ4v) is 2.15. The zero-order valence-corrected chi connectivity index (χ0v) is 11.5. The molecule has 1 atom stereocenters. The van der Waals surface area contributed by atoms with E-state index in [-0.39, 0.29) is 11.8 Å². The van der Waals surface area contributed by atoms with Gasteiger partial charge in [-0.15, -0.1) is 0 Å². The van der Waals surface area contributed by atoms with E-state index in [9.17, 15) is 9.59 Å². The highest BCUT2D eigenvalue weighted by molar-refractivity contribution is 5.82. The van der Waals surface area contributed by atoms with Gasteiger partial charge in [-0.2, -0.15) is 0 Å². The molecular weight excluding hydrogens is 258 g/mol. The van der Waals surface area contributed by atoms with Crippen molar-refractivity contribution >= 4 is 11.8 Å². The molecule has 2 heterocycles. The molecule has 1 aliphatic rings. The van der Waals surface area contributed by atoms with E-state index in [4.69, 9.17) is 4.74 Å². The van der Waals surface area contributed by atoms with Crippen LogP contribution in [0.25, 0.3) is 0 Å². The fraction of sp³-hybridized carbons (Fsp3) is 0.500. The van der Waals surface area contributed by atoms with Crippen LogP contribution in [-0.2, 0) is 20.7 Å². The molecule has 1 aliphatic heterocycles. The third-order valence-electron chi connectivity index (χ3n) is 3.31. The number of amides is 2. The molecule has 1 unspecified atom stereocenters. The van der Waals surface area contributed by atoms with Gasteiger partial charge in [0.1, 0.15) is 0 Å². The SMILES string of the molecule is CNC(=O)C1CN(C(=O)CCc2cccnc2)CCO1. The summed E-state index contributed by atoms with van der Waals surface area (Å²) in [6.07, 6.45) is 4.00. The van der Waals surface area contributed by atoms with Crippen molar-refractivity contribution in [1.29, 1.82) is 0 Å². The second-order valence-corrected chi connectivity index (χ2v) is 4.67. The van der Waals surface area contributed by atoms with Crippen LogP contribution in [0.2, 0.25) is 0 Å². The standard InChI is InChI=1S/C14H19N3O3/c1-15-14(19)12-10-17(7-8-20-12)13(18)5-4-11-3-2-6-16-9-11/h2-3,6,9,12H,4-5,7-8,10H2,1H3,(H,15,19). The Bertz CT molecular complexity index is 464. The van der Waals surface area contributed by atoms with Gasteiger partial charge in [0.05, 0.1) is 13.2 Å². The Morgan fingerprint density at radius 3 is 3.10 bits per heavy atom. The minimum atomic E-state index is -0.559. The molecule has 6 heteroatoms. The molecule has 6 nitrogen and oxygen atoms in total. The van der Waals surface area contributed by atoms with Gasteiger partial charge in [-0.05, 0) is 18.1 Å². The predicted molar refractivity (Wildman–Crippen MR) is 72.9 cm³/mol. The summed E-state index contributed by atoms with van der Waals surface area (Å²) in [5.74, 6) is -0.138. The summed E-state index contributed by atoms with van der Waals surface area (Å²) >= 11 is 0. The molecule has 0 aliphatic carbocycles. The number of nitrogens with one attached hydrogen (secondary N) is 1. The van der Waals surface area contributed by atoms with Crippen molar-refractivity contribution in [3.05, 3.63) is 30.1 Å². The number of hydrogen-bond donors (Lipinski definition) is 1. The van der Waals surface area contributed by atoms with Gasteiger partial charge in [-0.1, -0.05) is 6.07 Å². The second kappa shape index (κ2) is 7.00. The molecule has 108 valence electrons. The fourth-order valence-electron chi connectivity index (χ4n) is 2.15. The van der Waals surface area contributed by atoms with Crippen LogP contribution < -0.4 is 5.32 Å². The number of morpholine rings is 1. The Labute approximate surface area is 118 Å². The van der Waals surface area contributed by atoms with E-state index >= 15 is 0 Å². The number of carbonyl (C=O) groups excluding carboxylic acids is 2. The smallest absolute Gasteiger partial charge is 0.250 e. The number of likely N-dealkylation sites (N-methyl/N-ethyl adjacent to an activating group) is 1. The van der Waals surface area contributed by atoms with Crippen LogP contribution in [0.5, 0.6) is 0 Å². The van der Waals surface area contributed by atoms with Crippen molar-refractivity contribution in [3.8, 4) is 0 Å². The molecule has 1 aromatic rings. The molecule has 2 rings (SSSR count). The molecule has 0 saturated carbocycles. The van der Waals surface area contributed by atoms with Gasteiger partial charge >= 0.3 is 0 Å². The van der Waals surface area contributed by atoms with Crippen molar-refractivity contribution < 1.29 is 14.3 Å². The molecule has 1 fully saturated rings. The Balaban J connectivity index is 1.84. The second-order valence-electron chi connectivity index (χ2n) is 4.67. The van der Waals surface area contributed by atoms with Crippen LogP contribution in [0.1, 0.15) is 12.0 Å². The molecule has 0 radical (unpaired) electrons. The Kier molecular flexibility index (Phi) is 5.06. The lowest BCUT2D eigenvalue weighted by Gasteiger charge is -2.32. The van der Waals surface area contributed by atoms with Gasteiger partial charge in [0.25, 0.3) is 5.91 Å². The lowest BCUT2D eigenvalue weighted by molar-refractivity contribution is -0.146. The van der Waals surface area contributed by atoms with E-state index in [1.54, 1.807) is 24.3 Å². The average molecular weight is 277 g/mol. The molecule has 0 spiro atoms. The van der Waals surface area contributed by atoms with Crippen LogP contribution in [0.3, 0.4) is 0 Å². The maximum absolute atomic E-state index is 12.1. The highest BCUT2D eigenvalue weighted by Gasteiger charge is 2.28. The number of aryl methyl sites for hydroxylation is 1. The van der Waals surface area contributed by atoms with Crippen LogP contribution in [0.15, 0.2) is 24.5 Å². The minimum absolute atomic E-state index is 0.0473. The normalized spacial score (nSPS) is 18.6. The average Bonchev–Trinajstić information content (AvgIpc) is 2.53. The highest BCUT2D eigenvalue weighted by Crippen LogP contribution is 2.09. The number of rotatable bonds is 4. The van der Waals surface area contributed by atoms with E-state index in [0.29, 0.717) is 32.5 Å². The summed E-state index contributed by atoms with van der Waals surface area (Å²) in [6.45, 7) is 1.27. The monoisotopic (exact) mass is 277 g/mol. The third-order valence-corrected chi connectivity index (χ3v) is 3.31. The first-order chi connectivity index (χ1) is 9.70. The zero-order valence-electron chi connectivity index (χ0n) is 11.5. The molecule has 0 bridgehead atoms. The molecule has 0 aromatic carbocycles. The first kappa shape index (κ1) is 14.5. The van der Waals surface area contributed by atoms with Crippen LogP contribution in [0.4, 0.5) is 0 Å². The van der Waals surface area contributed by atoms with Crippen molar-refractivity contribution in [3.63, 3.8) is 0 Å². The Morgan fingerprint density at radius 1 is 1.55 bits per heavy atom. The first-order valence-electron chi connectivity index (χ1n) is 6.70. The third kappa shape index (κ3) is 3.77. The van der Waals surface area contributed by atoms with Crippen molar-refractivity contribution in [2.75, 3.05) is 26.7 Å². The lowest BCUT2D eigenvalue weighted by Crippen LogP contribution is -2.51.